The van der Waals surface area contributed by atoms with Crippen LogP contribution in [-0.4, -0.2) is 104 Å². The van der Waals surface area contributed by atoms with Gasteiger partial charge in [0.15, 0.2) is 5.76 Å². The Labute approximate surface area is 237 Å². The molecule has 11 nitrogen and oxygen atoms in total. The van der Waals surface area contributed by atoms with E-state index in [0.29, 0.717) is 63.6 Å². The number of carbonyl (C=O) groups excluding carboxylic acids is 3. The minimum Gasteiger partial charge on any atom is -0.497 e. The third-order valence-electron chi connectivity index (χ3n) is 8.32. The Balaban J connectivity index is 1.55. The highest BCUT2D eigenvalue weighted by molar-refractivity contribution is 5.96. The van der Waals surface area contributed by atoms with Crippen LogP contribution in [0.25, 0.3) is 0 Å². The highest BCUT2D eigenvalue weighted by Gasteiger charge is 2.46. The minimum absolute atomic E-state index is 0.0210. The van der Waals surface area contributed by atoms with Crippen LogP contribution >= 0.6 is 0 Å². The van der Waals surface area contributed by atoms with E-state index in [2.05, 4.69) is 17.6 Å². The molecule has 0 aromatic heterocycles. The average molecular weight is 561 g/mol. The fraction of sp³-hybridized carbons (Fsp3) is 0.690. The lowest BCUT2D eigenvalue weighted by molar-refractivity contribution is -0.188. The molecule has 11 heteroatoms. The van der Waals surface area contributed by atoms with Crippen molar-refractivity contribution in [2.24, 2.45) is 17.8 Å². The van der Waals surface area contributed by atoms with Crippen LogP contribution in [-0.2, 0) is 28.6 Å². The first-order chi connectivity index (χ1) is 19.3. The van der Waals surface area contributed by atoms with Crippen molar-refractivity contribution in [3.05, 3.63) is 36.0 Å². The van der Waals surface area contributed by atoms with Crippen molar-refractivity contribution in [1.82, 2.24) is 19.8 Å². The van der Waals surface area contributed by atoms with Crippen molar-refractivity contribution in [2.45, 2.75) is 52.0 Å². The molecule has 1 unspecified atom stereocenters. The maximum atomic E-state index is 13.5. The van der Waals surface area contributed by atoms with Gasteiger partial charge in [0.1, 0.15) is 5.76 Å². The first-order valence-electron chi connectivity index (χ1n) is 14.4. The Kier molecular flexibility index (Phi) is 10.1. The highest BCUT2D eigenvalue weighted by Crippen LogP contribution is 2.44. The maximum absolute atomic E-state index is 13.5. The molecule has 0 spiro atoms. The number of hydrogen-bond donors (Lipinski definition) is 0. The minimum atomic E-state index is -0.275. The summed E-state index contributed by atoms with van der Waals surface area (Å²) >= 11 is 0. The molecule has 3 aliphatic heterocycles. The van der Waals surface area contributed by atoms with Gasteiger partial charge in [-0.1, -0.05) is 19.9 Å². The summed E-state index contributed by atoms with van der Waals surface area (Å²) in [6.45, 7) is 11.2. The van der Waals surface area contributed by atoms with Crippen LogP contribution in [0, 0.1) is 17.8 Å². The lowest BCUT2D eigenvalue weighted by atomic mass is 9.77. The zero-order valence-electron chi connectivity index (χ0n) is 24.3. The SMILES string of the molecule is C=C[C@@H]1[C@@H](C2C=C3OCOC3=C(OC)C2)CN(CC(=O)N(CCC)OCCC)[C@H]1CCN1CCC(=O)N(C)C1=O. The summed E-state index contributed by atoms with van der Waals surface area (Å²) in [6.07, 6.45) is 7.36. The number of fused-ring (bicyclic) bond motifs is 1. The Bertz CT molecular complexity index is 1030. The summed E-state index contributed by atoms with van der Waals surface area (Å²) in [5, 5.41) is 1.50. The van der Waals surface area contributed by atoms with Gasteiger partial charge in [0.2, 0.25) is 18.5 Å². The lowest BCUT2D eigenvalue weighted by Gasteiger charge is -2.35. The van der Waals surface area contributed by atoms with Crippen LogP contribution in [0.15, 0.2) is 36.0 Å². The molecule has 0 N–H and O–H groups in total. The van der Waals surface area contributed by atoms with Crippen molar-refractivity contribution in [2.75, 3.05) is 60.3 Å². The number of urea groups is 1. The second kappa shape index (κ2) is 13.5. The van der Waals surface area contributed by atoms with E-state index in [1.54, 1.807) is 12.0 Å². The third-order valence-corrected chi connectivity index (χ3v) is 8.32. The molecule has 0 radical (unpaired) electrons. The van der Waals surface area contributed by atoms with Crippen molar-refractivity contribution in [3.63, 3.8) is 0 Å². The number of amides is 4. The van der Waals surface area contributed by atoms with E-state index in [9.17, 15) is 14.4 Å². The topological polar surface area (TPSA) is 101 Å². The number of rotatable bonds is 13. The second-order valence-electron chi connectivity index (χ2n) is 10.8. The second-order valence-corrected chi connectivity index (χ2v) is 10.8. The van der Waals surface area contributed by atoms with Gasteiger partial charge in [0.05, 0.1) is 20.3 Å². The summed E-state index contributed by atoms with van der Waals surface area (Å²) in [7, 11) is 3.17. The predicted molar refractivity (Wildman–Crippen MR) is 147 cm³/mol. The molecule has 40 heavy (non-hydrogen) atoms. The van der Waals surface area contributed by atoms with Gasteiger partial charge in [-0.3, -0.25) is 24.2 Å². The number of methoxy groups -OCH3 is 1. The van der Waals surface area contributed by atoms with Crippen LogP contribution in [0.5, 0.6) is 0 Å². The summed E-state index contributed by atoms with van der Waals surface area (Å²) in [6, 6.07) is -0.296. The third kappa shape index (κ3) is 6.30. The number of carbonyl (C=O) groups is 3. The first kappa shape index (κ1) is 29.9. The van der Waals surface area contributed by atoms with E-state index in [1.807, 2.05) is 19.9 Å². The number of allylic oxidation sites excluding steroid dienone is 2. The van der Waals surface area contributed by atoms with E-state index < -0.39 is 0 Å². The van der Waals surface area contributed by atoms with Crippen molar-refractivity contribution >= 4 is 17.8 Å². The summed E-state index contributed by atoms with van der Waals surface area (Å²) in [5.74, 6) is 2.22. The molecule has 4 aliphatic rings. The van der Waals surface area contributed by atoms with E-state index in [4.69, 9.17) is 19.0 Å². The van der Waals surface area contributed by atoms with Gasteiger partial charge in [-0.2, -0.15) is 0 Å². The van der Waals surface area contributed by atoms with Gasteiger partial charge in [-0.25, -0.2) is 9.86 Å². The molecular weight excluding hydrogens is 516 g/mol. The number of likely N-dealkylation sites (tertiary alicyclic amines) is 1. The molecule has 4 rings (SSSR count). The fourth-order valence-corrected chi connectivity index (χ4v) is 6.23. The van der Waals surface area contributed by atoms with Crippen molar-refractivity contribution in [3.8, 4) is 0 Å². The highest BCUT2D eigenvalue weighted by atomic mass is 16.7. The molecule has 3 heterocycles. The van der Waals surface area contributed by atoms with E-state index in [-0.39, 0.29) is 55.0 Å². The Morgan fingerprint density at radius 3 is 2.75 bits per heavy atom. The van der Waals surface area contributed by atoms with Crippen LogP contribution < -0.4 is 0 Å². The monoisotopic (exact) mass is 560 g/mol. The van der Waals surface area contributed by atoms with Gasteiger partial charge in [-0.05, 0) is 43.1 Å². The fourth-order valence-electron chi connectivity index (χ4n) is 6.23. The van der Waals surface area contributed by atoms with E-state index in [0.717, 1.165) is 18.6 Å². The van der Waals surface area contributed by atoms with Crippen molar-refractivity contribution < 1.29 is 33.4 Å². The number of imide groups is 1. The van der Waals surface area contributed by atoms with E-state index >= 15 is 0 Å². The zero-order chi connectivity index (χ0) is 28.8. The lowest BCUT2D eigenvalue weighted by Crippen LogP contribution is -2.51. The molecule has 0 bridgehead atoms. The van der Waals surface area contributed by atoms with Gasteiger partial charge in [0, 0.05) is 52.1 Å². The smallest absolute Gasteiger partial charge is 0.326 e. The molecule has 1 aliphatic carbocycles. The summed E-state index contributed by atoms with van der Waals surface area (Å²) in [4.78, 5) is 49.1. The number of hydrogen-bond acceptors (Lipinski definition) is 8. The first-order valence-corrected chi connectivity index (χ1v) is 14.4. The number of hydroxylamine groups is 2. The van der Waals surface area contributed by atoms with Gasteiger partial charge in [0.25, 0.3) is 5.91 Å². The predicted octanol–water partition coefficient (Wildman–Crippen LogP) is 3.11. The zero-order valence-corrected chi connectivity index (χ0v) is 24.3. The average Bonchev–Trinajstić information content (AvgIpc) is 3.57. The summed E-state index contributed by atoms with van der Waals surface area (Å²) in [5.41, 5.74) is 0. The molecule has 3 fully saturated rings. The molecular formula is C29H44N4O7. The van der Waals surface area contributed by atoms with Gasteiger partial charge >= 0.3 is 6.03 Å². The van der Waals surface area contributed by atoms with Gasteiger partial charge in [-0.15, -0.1) is 6.58 Å². The largest absolute Gasteiger partial charge is 0.497 e. The van der Waals surface area contributed by atoms with Gasteiger partial charge < -0.3 is 19.1 Å². The molecule has 3 saturated heterocycles. The van der Waals surface area contributed by atoms with Crippen LogP contribution in [0.3, 0.4) is 0 Å². The maximum Gasteiger partial charge on any atom is 0.326 e. The Morgan fingerprint density at radius 1 is 1.25 bits per heavy atom. The summed E-state index contributed by atoms with van der Waals surface area (Å²) < 4.78 is 17.0. The molecule has 0 aromatic rings. The normalized spacial score (nSPS) is 26.9. The molecule has 4 atom stereocenters. The quantitative estimate of drug-likeness (QED) is 0.250. The standard InChI is InChI=1S/C29H44N4O7/c1-6-11-33(40-14-7-2)27(35)18-32-17-22(20-15-24(37-5)28-25(16-20)38-19-39-28)21(8-3)23(32)9-12-31-13-10-26(34)30(4)29(31)36/h8,16,20-23H,3,6-7,9-15,17-19H2,1-2,4-5H3/t20?,21-,22-,23+/m1/s1. The number of nitrogens with zero attached hydrogens (tertiary/aromatic N) is 4. The van der Waals surface area contributed by atoms with Crippen LogP contribution in [0.1, 0.15) is 46.0 Å². The molecule has 0 aromatic carbocycles. The molecule has 0 saturated carbocycles. The van der Waals surface area contributed by atoms with E-state index in [1.165, 1.54) is 17.0 Å². The van der Waals surface area contributed by atoms with Crippen LogP contribution in [0.4, 0.5) is 4.79 Å². The molecule has 222 valence electrons. The molecule has 4 amide bonds. The Morgan fingerprint density at radius 2 is 2.05 bits per heavy atom. The number of ether oxygens (including phenoxy) is 3. The van der Waals surface area contributed by atoms with Crippen molar-refractivity contribution in [1.29, 1.82) is 0 Å². The Hall–Kier alpha value is -3.05. The van der Waals surface area contributed by atoms with Crippen LogP contribution in [0.2, 0.25) is 0 Å².